The van der Waals surface area contributed by atoms with E-state index in [4.69, 9.17) is 0 Å². The lowest BCUT2D eigenvalue weighted by Gasteiger charge is -2.26. The van der Waals surface area contributed by atoms with Crippen LogP contribution in [-0.4, -0.2) is 65.3 Å². The van der Waals surface area contributed by atoms with Crippen molar-refractivity contribution >= 4 is 34.3 Å². The van der Waals surface area contributed by atoms with Crippen LogP contribution in [0.25, 0.3) is 10.9 Å². The van der Waals surface area contributed by atoms with Gasteiger partial charge < -0.3 is 10.2 Å². The number of rotatable bonds is 6. The summed E-state index contributed by atoms with van der Waals surface area (Å²) in [6.45, 7) is -0.0568. The zero-order valence-electron chi connectivity index (χ0n) is 18.0. The van der Waals surface area contributed by atoms with Gasteiger partial charge in [-0.1, -0.05) is 0 Å². The van der Waals surface area contributed by atoms with Crippen LogP contribution in [0.4, 0.5) is 19.0 Å². The van der Waals surface area contributed by atoms with Crippen LogP contribution in [-0.2, 0) is 22.7 Å². The van der Waals surface area contributed by atoms with Crippen molar-refractivity contribution in [2.45, 2.75) is 51.1 Å². The Bertz CT molecular complexity index is 1300. The van der Waals surface area contributed by atoms with Gasteiger partial charge in [0.2, 0.25) is 11.8 Å². The molecule has 2 amide bonds. The largest absolute Gasteiger partial charge is 0.408 e. The number of aromatic nitrogens is 5. The Hall–Kier alpha value is -3.77. The Morgan fingerprint density at radius 2 is 1.97 bits per heavy atom. The molecule has 1 N–H and O–H groups in total. The fraction of sp³-hybridized carbons (Fsp3) is 0.429. The number of nitrogens with one attached hydrogen (secondary N) is 1. The lowest BCUT2D eigenvalue weighted by Crippen LogP contribution is -2.46. The number of likely N-dealkylation sites (tertiary alicyclic amines) is 1. The van der Waals surface area contributed by atoms with Gasteiger partial charge >= 0.3 is 6.18 Å². The van der Waals surface area contributed by atoms with E-state index in [1.165, 1.54) is 35.0 Å². The monoisotopic (exact) mass is 475 g/mol. The summed E-state index contributed by atoms with van der Waals surface area (Å²) >= 11 is 0. The summed E-state index contributed by atoms with van der Waals surface area (Å²) in [5.41, 5.74) is 0.767. The normalized spacial score (nSPS) is 21.5. The van der Waals surface area contributed by atoms with Gasteiger partial charge in [0.1, 0.15) is 24.8 Å². The molecule has 34 heavy (non-hydrogen) atoms. The minimum atomic E-state index is -4.43. The summed E-state index contributed by atoms with van der Waals surface area (Å²) in [5.74, 6) is -0.901. The Kier molecular flexibility index (Phi) is 5.14. The summed E-state index contributed by atoms with van der Waals surface area (Å²) in [5, 5.41) is 11.1. The van der Waals surface area contributed by atoms with Crippen LogP contribution in [0, 0.1) is 5.92 Å². The third kappa shape index (κ3) is 4.13. The van der Waals surface area contributed by atoms with Crippen LogP contribution < -0.4 is 5.32 Å². The van der Waals surface area contributed by atoms with Crippen molar-refractivity contribution in [1.82, 2.24) is 29.4 Å². The lowest BCUT2D eigenvalue weighted by atomic mass is 10.1. The maximum absolute atomic E-state index is 13.2. The van der Waals surface area contributed by atoms with Crippen molar-refractivity contribution < 1.29 is 27.6 Å². The predicted molar refractivity (Wildman–Crippen MR) is 112 cm³/mol. The molecular weight excluding hydrogens is 455 g/mol. The fourth-order valence-electron chi connectivity index (χ4n) is 4.57. The molecule has 0 aromatic carbocycles. The first-order chi connectivity index (χ1) is 16.1. The van der Waals surface area contributed by atoms with E-state index in [-0.39, 0.29) is 41.7 Å². The van der Waals surface area contributed by atoms with Gasteiger partial charge in [0, 0.05) is 36.8 Å². The maximum atomic E-state index is 13.2. The first-order valence-corrected chi connectivity index (χ1v) is 10.6. The number of Topliss-reactive ketones (excluding diaryl/α,β-unsaturated/α-hetero) is 1. The SMILES string of the molecule is CC(=O)c1nn(CC(=O)N2[C@@H]3C[C@@H]3C[C@H]2C(=O)Nc2ccn(CC(F)(F)F)n2)c2cnccc12. The Labute approximate surface area is 190 Å². The highest BCUT2D eigenvalue weighted by Gasteiger charge is 2.56. The molecule has 0 radical (unpaired) electrons. The van der Waals surface area contributed by atoms with E-state index in [1.54, 1.807) is 6.07 Å². The van der Waals surface area contributed by atoms with E-state index in [2.05, 4.69) is 20.5 Å². The molecule has 4 heterocycles. The topological polar surface area (TPSA) is 115 Å². The molecule has 1 aliphatic carbocycles. The summed E-state index contributed by atoms with van der Waals surface area (Å²) in [6.07, 6.45) is 1.00. The number of pyridine rings is 1. The van der Waals surface area contributed by atoms with E-state index in [0.717, 1.165) is 12.6 Å². The number of carbonyl (C=O) groups excluding carboxylic acids is 3. The molecule has 3 aromatic heterocycles. The third-order valence-corrected chi connectivity index (χ3v) is 6.10. The van der Waals surface area contributed by atoms with Gasteiger partial charge in [0.25, 0.3) is 0 Å². The molecule has 1 saturated carbocycles. The second kappa shape index (κ2) is 7.92. The van der Waals surface area contributed by atoms with Gasteiger partial charge in [-0.3, -0.25) is 28.7 Å². The number of hydrogen-bond acceptors (Lipinski definition) is 6. The summed E-state index contributed by atoms with van der Waals surface area (Å²) in [7, 11) is 0. The molecular formula is C21H20F3N7O3. The summed E-state index contributed by atoms with van der Waals surface area (Å²) < 4.78 is 39.7. The van der Waals surface area contributed by atoms with Crippen molar-refractivity contribution in [3.8, 4) is 0 Å². The molecule has 10 nitrogen and oxygen atoms in total. The number of anilines is 1. The highest BCUT2D eigenvalue weighted by molar-refractivity contribution is 6.05. The highest BCUT2D eigenvalue weighted by atomic mass is 19.4. The number of halogens is 3. The van der Waals surface area contributed by atoms with Gasteiger partial charge in [-0.25, -0.2) is 0 Å². The lowest BCUT2D eigenvalue weighted by molar-refractivity contribution is -0.142. The van der Waals surface area contributed by atoms with Crippen LogP contribution in [0.3, 0.4) is 0 Å². The Morgan fingerprint density at radius 1 is 1.18 bits per heavy atom. The van der Waals surface area contributed by atoms with Crippen molar-refractivity contribution in [1.29, 1.82) is 0 Å². The van der Waals surface area contributed by atoms with Gasteiger partial charge in [-0.05, 0) is 24.8 Å². The average Bonchev–Trinajstić information content (AvgIpc) is 3.08. The van der Waals surface area contributed by atoms with Gasteiger partial charge in [0.05, 0.1) is 11.7 Å². The van der Waals surface area contributed by atoms with E-state index in [0.29, 0.717) is 22.0 Å². The van der Waals surface area contributed by atoms with Crippen molar-refractivity contribution in [3.05, 3.63) is 36.4 Å². The van der Waals surface area contributed by atoms with E-state index in [9.17, 15) is 27.6 Å². The number of ketones is 1. The van der Waals surface area contributed by atoms with Crippen LogP contribution in [0.2, 0.25) is 0 Å². The molecule has 3 atom stereocenters. The number of hydrogen-bond donors (Lipinski definition) is 1. The first kappa shape index (κ1) is 22.0. The maximum Gasteiger partial charge on any atom is 0.408 e. The number of fused-ring (bicyclic) bond motifs is 2. The molecule has 1 saturated heterocycles. The number of alkyl halides is 3. The second-order valence-corrected chi connectivity index (χ2v) is 8.57. The van der Waals surface area contributed by atoms with Gasteiger partial charge in [-0.15, -0.1) is 0 Å². The Balaban J connectivity index is 1.32. The molecule has 2 fully saturated rings. The molecule has 0 spiro atoms. The first-order valence-electron chi connectivity index (χ1n) is 10.6. The van der Waals surface area contributed by atoms with Gasteiger partial charge in [-0.2, -0.15) is 23.4 Å². The van der Waals surface area contributed by atoms with Crippen molar-refractivity contribution in [2.75, 3.05) is 5.32 Å². The summed E-state index contributed by atoms with van der Waals surface area (Å²) in [6, 6.07) is 2.09. The molecule has 2 aliphatic rings. The quantitative estimate of drug-likeness (QED) is 0.546. The standard InChI is InChI=1S/C21H20F3N7O3/c1-11(32)19-13-2-4-25-8-16(13)30(28-19)9-18(33)31-14-6-12(14)7-15(31)20(34)26-17-3-5-29(27-17)10-21(22,23)24/h2-5,8,12,14-15H,6-7,9-10H2,1H3,(H,26,27,34)/t12-,14-,15+/m1/s1. The highest BCUT2D eigenvalue weighted by Crippen LogP contribution is 2.48. The number of nitrogens with zero attached hydrogens (tertiary/aromatic N) is 6. The van der Waals surface area contributed by atoms with E-state index < -0.39 is 24.7 Å². The molecule has 13 heteroatoms. The van der Waals surface area contributed by atoms with Crippen molar-refractivity contribution in [3.63, 3.8) is 0 Å². The van der Waals surface area contributed by atoms with Crippen LogP contribution in [0.15, 0.2) is 30.7 Å². The fourth-order valence-corrected chi connectivity index (χ4v) is 4.57. The van der Waals surface area contributed by atoms with Crippen LogP contribution in [0.5, 0.6) is 0 Å². The molecule has 178 valence electrons. The third-order valence-electron chi connectivity index (χ3n) is 6.10. The zero-order chi connectivity index (χ0) is 24.2. The molecule has 3 aromatic rings. The summed E-state index contributed by atoms with van der Waals surface area (Å²) in [4.78, 5) is 43.7. The zero-order valence-corrected chi connectivity index (χ0v) is 18.0. The smallest absolute Gasteiger partial charge is 0.326 e. The molecule has 1 aliphatic heterocycles. The number of amides is 2. The van der Waals surface area contributed by atoms with Gasteiger partial charge in [0.15, 0.2) is 11.6 Å². The molecule has 5 rings (SSSR count). The number of piperidine rings is 1. The van der Waals surface area contributed by atoms with Crippen LogP contribution in [0.1, 0.15) is 30.3 Å². The average molecular weight is 475 g/mol. The van der Waals surface area contributed by atoms with Crippen LogP contribution >= 0.6 is 0 Å². The molecule has 0 bridgehead atoms. The minimum Gasteiger partial charge on any atom is -0.326 e. The molecule has 0 unspecified atom stereocenters. The van der Waals surface area contributed by atoms with E-state index in [1.807, 2.05) is 0 Å². The number of carbonyl (C=O) groups is 3. The predicted octanol–water partition coefficient (Wildman–Crippen LogP) is 2.02. The van der Waals surface area contributed by atoms with Crippen molar-refractivity contribution in [2.24, 2.45) is 5.92 Å². The Morgan fingerprint density at radius 3 is 2.71 bits per heavy atom. The minimum absolute atomic E-state index is 0.0162. The van der Waals surface area contributed by atoms with E-state index >= 15 is 0 Å². The second-order valence-electron chi connectivity index (χ2n) is 8.57.